The monoisotopic (exact) mass is 614 g/mol. The van der Waals surface area contributed by atoms with Crippen LogP contribution in [0.25, 0.3) is 0 Å². The molecule has 3 N–H and O–H groups in total. The van der Waals surface area contributed by atoms with Crippen molar-refractivity contribution in [3.63, 3.8) is 0 Å². The smallest absolute Gasteiger partial charge is 0.416 e. The molecular weight excluding hydrogens is 585 g/mol. The number of benzene rings is 2. The number of ketones is 2. The maximum absolute atomic E-state index is 13.1. The van der Waals surface area contributed by atoms with Crippen molar-refractivity contribution in [1.29, 1.82) is 0 Å². The van der Waals surface area contributed by atoms with Crippen molar-refractivity contribution in [2.45, 2.75) is 51.9 Å². The van der Waals surface area contributed by atoms with Crippen molar-refractivity contribution in [3.8, 4) is 11.5 Å². The standard InChI is InChI=1S/C28H30ClF3N2O8/c1-14(2)26(34-24(37)10-17-9-16(15(3)35)5-8-22(17)41-4)27(40)33-20(12-25(38)39)21(36)13-42-23-11-18(28(30,31)32)6-7-19(23)29/h5-9,11,14,20,26H,10,12-13H2,1-4H3,(H,33,40)(H,34,37)(H,38,39)/t20-,26-/m0/s1. The van der Waals surface area contributed by atoms with Crippen LogP contribution in [-0.2, 0) is 31.8 Å². The normalized spacial score (nSPS) is 12.7. The molecule has 42 heavy (non-hydrogen) atoms. The summed E-state index contributed by atoms with van der Waals surface area (Å²) in [5.74, 6) is -4.77. The van der Waals surface area contributed by atoms with E-state index < -0.39 is 72.1 Å². The number of carboxylic acids is 1. The van der Waals surface area contributed by atoms with Crippen LogP contribution in [0.1, 0.15) is 48.7 Å². The second kappa shape index (κ2) is 14.7. The fraction of sp³-hybridized carbons (Fsp3) is 0.393. The molecule has 0 bridgehead atoms. The number of carboxylic acid groups (broad SMARTS) is 1. The number of hydrogen-bond acceptors (Lipinski definition) is 7. The van der Waals surface area contributed by atoms with E-state index in [-0.39, 0.29) is 17.2 Å². The number of hydrogen-bond donors (Lipinski definition) is 3. The predicted molar refractivity (Wildman–Crippen MR) is 145 cm³/mol. The largest absolute Gasteiger partial charge is 0.496 e. The summed E-state index contributed by atoms with van der Waals surface area (Å²) in [6, 6.07) is 3.96. The van der Waals surface area contributed by atoms with Crippen LogP contribution < -0.4 is 20.1 Å². The lowest BCUT2D eigenvalue weighted by molar-refractivity contribution is -0.141. The number of carbonyl (C=O) groups is 5. The number of amides is 2. The summed E-state index contributed by atoms with van der Waals surface area (Å²) in [6.45, 7) is 3.67. The topological polar surface area (TPSA) is 148 Å². The number of nitrogens with one attached hydrogen (secondary N) is 2. The minimum Gasteiger partial charge on any atom is -0.496 e. The third kappa shape index (κ3) is 9.75. The summed E-state index contributed by atoms with van der Waals surface area (Å²) in [5.41, 5.74) is -0.346. The highest BCUT2D eigenvalue weighted by molar-refractivity contribution is 6.32. The third-order valence-corrected chi connectivity index (χ3v) is 6.33. The molecule has 2 amide bonds. The minimum absolute atomic E-state index is 0.220. The zero-order valence-corrected chi connectivity index (χ0v) is 23.9. The Morgan fingerprint density at radius 2 is 1.67 bits per heavy atom. The minimum atomic E-state index is -4.70. The summed E-state index contributed by atoms with van der Waals surface area (Å²) in [5, 5.41) is 13.9. The Hall–Kier alpha value is -4.13. The highest BCUT2D eigenvalue weighted by atomic mass is 35.5. The van der Waals surface area contributed by atoms with Crippen molar-refractivity contribution in [2.75, 3.05) is 13.7 Å². The molecule has 0 aliphatic rings. The van der Waals surface area contributed by atoms with Crippen LogP contribution in [0, 0.1) is 5.92 Å². The summed E-state index contributed by atoms with van der Waals surface area (Å²) in [7, 11) is 1.39. The first-order valence-electron chi connectivity index (χ1n) is 12.5. The molecule has 0 saturated heterocycles. The summed E-state index contributed by atoms with van der Waals surface area (Å²) < 4.78 is 49.5. The lowest BCUT2D eigenvalue weighted by atomic mass is 10.0. The SMILES string of the molecule is COc1ccc(C(C)=O)cc1CC(=O)N[C@H](C(=O)N[C@@H](CC(=O)O)C(=O)COc1cc(C(F)(F)F)ccc1Cl)C(C)C. The van der Waals surface area contributed by atoms with E-state index in [2.05, 4.69) is 10.6 Å². The number of halogens is 4. The molecule has 10 nitrogen and oxygen atoms in total. The maximum Gasteiger partial charge on any atom is 0.416 e. The van der Waals surface area contributed by atoms with Gasteiger partial charge in [0, 0.05) is 11.1 Å². The van der Waals surface area contributed by atoms with Gasteiger partial charge in [0.2, 0.25) is 11.8 Å². The molecule has 0 heterocycles. The lowest BCUT2D eigenvalue weighted by Gasteiger charge is -2.25. The van der Waals surface area contributed by atoms with Gasteiger partial charge in [-0.05, 0) is 49.2 Å². The zero-order chi connectivity index (χ0) is 31.8. The van der Waals surface area contributed by atoms with Crippen molar-refractivity contribution in [1.82, 2.24) is 10.6 Å². The van der Waals surface area contributed by atoms with Crippen molar-refractivity contribution < 1.29 is 51.7 Å². The molecule has 2 aromatic carbocycles. The molecule has 14 heteroatoms. The fourth-order valence-corrected chi connectivity index (χ4v) is 3.96. The van der Waals surface area contributed by atoms with Gasteiger partial charge in [-0.15, -0.1) is 0 Å². The highest BCUT2D eigenvalue weighted by Crippen LogP contribution is 2.35. The molecule has 0 aromatic heterocycles. The molecule has 0 unspecified atom stereocenters. The highest BCUT2D eigenvalue weighted by Gasteiger charge is 2.33. The Morgan fingerprint density at radius 1 is 1.00 bits per heavy atom. The molecule has 0 fully saturated rings. The maximum atomic E-state index is 13.1. The van der Waals surface area contributed by atoms with Gasteiger partial charge in [0.05, 0.1) is 30.5 Å². The van der Waals surface area contributed by atoms with Gasteiger partial charge in [0.1, 0.15) is 30.2 Å². The van der Waals surface area contributed by atoms with Crippen LogP contribution in [-0.4, -0.2) is 60.3 Å². The van der Waals surface area contributed by atoms with Gasteiger partial charge < -0.3 is 25.2 Å². The fourth-order valence-electron chi connectivity index (χ4n) is 3.79. The number of ether oxygens (including phenoxy) is 2. The van der Waals surface area contributed by atoms with Gasteiger partial charge in [-0.2, -0.15) is 13.2 Å². The van der Waals surface area contributed by atoms with Crippen LogP contribution >= 0.6 is 11.6 Å². The van der Waals surface area contributed by atoms with Crippen LogP contribution in [0.5, 0.6) is 11.5 Å². The molecule has 2 aromatic rings. The van der Waals surface area contributed by atoms with E-state index >= 15 is 0 Å². The van der Waals surface area contributed by atoms with Crippen molar-refractivity contribution in [2.24, 2.45) is 5.92 Å². The predicted octanol–water partition coefficient (Wildman–Crippen LogP) is 3.86. The Morgan fingerprint density at radius 3 is 2.21 bits per heavy atom. The quantitative estimate of drug-likeness (QED) is 0.272. The molecule has 2 atom stereocenters. The Bertz CT molecular complexity index is 1350. The zero-order valence-electron chi connectivity index (χ0n) is 23.1. The van der Waals surface area contributed by atoms with Gasteiger partial charge in [0.15, 0.2) is 11.6 Å². The number of Topliss-reactive ketones (excluding diaryl/α,β-unsaturated/α-hetero) is 2. The van der Waals surface area contributed by atoms with Gasteiger partial charge in [0.25, 0.3) is 0 Å². The van der Waals surface area contributed by atoms with E-state index in [0.717, 1.165) is 12.1 Å². The van der Waals surface area contributed by atoms with Crippen molar-refractivity contribution >= 4 is 41.0 Å². The van der Waals surface area contributed by atoms with Gasteiger partial charge in [-0.3, -0.25) is 24.0 Å². The Kier molecular flexibility index (Phi) is 11.9. The number of alkyl halides is 3. The van der Waals surface area contributed by atoms with Crippen LogP contribution in [0.2, 0.25) is 5.02 Å². The van der Waals surface area contributed by atoms with Gasteiger partial charge in [-0.25, -0.2) is 0 Å². The van der Waals surface area contributed by atoms with Crippen LogP contribution in [0.4, 0.5) is 13.2 Å². The summed E-state index contributed by atoms with van der Waals surface area (Å²) in [6.07, 6.45) is -5.83. The van der Waals surface area contributed by atoms with E-state index in [4.69, 9.17) is 21.1 Å². The second-order valence-corrected chi connectivity index (χ2v) is 10.0. The van der Waals surface area contributed by atoms with Gasteiger partial charge >= 0.3 is 12.1 Å². The number of methoxy groups -OCH3 is 1. The summed E-state index contributed by atoms with van der Waals surface area (Å²) in [4.78, 5) is 61.9. The molecular formula is C28H30ClF3N2O8. The van der Waals surface area contributed by atoms with Gasteiger partial charge in [-0.1, -0.05) is 25.4 Å². The average Bonchev–Trinajstić information content (AvgIpc) is 2.89. The first-order chi connectivity index (χ1) is 19.5. The van der Waals surface area contributed by atoms with Crippen molar-refractivity contribution in [3.05, 3.63) is 58.1 Å². The van der Waals surface area contributed by atoms with E-state index in [0.29, 0.717) is 22.9 Å². The molecule has 0 aliphatic carbocycles. The van der Waals surface area contributed by atoms with E-state index in [1.54, 1.807) is 13.8 Å². The Labute approximate surface area is 244 Å². The first-order valence-corrected chi connectivity index (χ1v) is 12.9. The second-order valence-electron chi connectivity index (χ2n) is 9.61. The molecule has 0 aliphatic heterocycles. The number of rotatable bonds is 14. The summed E-state index contributed by atoms with van der Waals surface area (Å²) >= 11 is 5.87. The molecule has 0 spiro atoms. The third-order valence-electron chi connectivity index (χ3n) is 6.02. The van der Waals surface area contributed by atoms with E-state index in [1.165, 1.54) is 32.2 Å². The molecule has 0 saturated carbocycles. The van der Waals surface area contributed by atoms with Crippen LogP contribution in [0.3, 0.4) is 0 Å². The average molecular weight is 615 g/mol. The van der Waals surface area contributed by atoms with Crippen LogP contribution in [0.15, 0.2) is 36.4 Å². The number of carbonyl (C=O) groups excluding carboxylic acids is 4. The Balaban J connectivity index is 2.16. The molecule has 0 radical (unpaired) electrons. The lowest BCUT2D eigenvalue weighted by Crippen LogP contribution is -2.54. The van der Waals surface area contributed by atoms with E-state index in [1.807, 2.05) is 0 Å². The molecule has 228 valence electrons. The molecule has 2 rings (SSSR count). The van der Waals surface area contributed by atoms with E-state index in [9.17, 15) is 42.3 Å². The first kappa shape index (κ1) is 34.1. The number of aliphatic carboxylic acids is 1.